The molecule has 0 bridgehead atoms. The van der Waals surface area contributed by atoms with E-state index in [-0.39, 0.29) is 5.75 Å². The molecular formula is C15H13ClN2O2. The summed E-state index contributed by atoms with van der Waals surface area (Å²) >= 11 is 5.98. The molecule has 0 saturated carbocycles. The average Bonchev–Trinajstić information content (AvgIpc) is 2.75. The van der Waals surface area contributed by atoms with Crippen LogP contribution in [0.25, 0.3) is 22.4 Å². The summed E-state index contributed by atoms with van der Waals surface area (Å²) in [5.74, 6) is 1.42. The molecule has 0 amide bonds. The Morgan fingerprint density at radius 2 is 2.00 bits per heavy atom. The van der Waals surface area contributed by atoms with Crippen molar-refractivity contribution in [3.05, 3.63) is 41.4 Å². The maximum Gasteiger partial charge on any atom is 0.144 e. The van der Waals surface area contributed by atoms with E-state index in [0.717, 1.165) is 11.0 Å². The Hall–Kier alpha value is -2.20. The molecule has 1 aromatic heterocycles. The van der Waals surface area contributed by atoms with E-state index in [1.807, 2.05) is 23.7 Å². The molecule has 1 heterocycles. The van der Waals surface area contributed by atoms with Crippen molar-refractivity contribution in [1.29, 1.82) is 0 Å². The van der Waals surface area contributed by atoms with Crippen LogP contribution in [0.5, 0.6) is 11.5 Å². The summed E-state index contributed by atoms with van der Waals surface area (Å²) in [6.07, 6.45) is 0. The normalized spacial score (nSPS) is 10.9. The summed E-state index contributed by atoms with van der Waals surface area (Å²) < 4.78 is 7.01. The van der Waals surface area contributed by atoms with Gasteiger partial charge in [0.1, 0.15) is 17.3 Å². The van der Waals surface area contributed by atoms with E-state index in [1.54, 1.807) is 31.4 Å². The number of hydrogen-bond donors (Lipinski definition) is 1. The number of benzene rings is 2. The summed E-state index contributed by atoms with van der Waals surface area (Å²) in [6.45, 7) is 0. The molecule has 0 atom stereocenters. The predicted molar refractivity (Wildman–Crippen MR) is 79.4 cm³/mol. The van der Waals surface area contributed by atoms with Gasteiger partial charge in [-0.15, -0.1) is 0 Å². The highest BCUT2D eigenvalue weighted by molar-refractivity contribution is 6.31. The van der Waals surface area contributed by atoms with Crippen LogP contribution in [0.2, 0.25) is 5.02 Å². The molecule has 1 N–H and O–H groups in total. The van der Waals surface area contributed by atoms with Crippen LogP contribution in [0.15, 0.2) is 36.4 Å². The van der Waals surface area contributed by atoms with Crippen LogP contribution in [-0.2, 0) is 7.05 Å². The third-order valence-electron chi connectivity index (χ3n) is 3.29. The van der Waals surface area contributed by atoms with Crippen molar-refractivity contribution in [2.24, 2.45) is 7.05 Å². The smallest absolute Gasteiger partial charge is 0.144 e. The molecule has 5 heteroatoms. The Morgan fingerprint density at radius 3 is 2.70 bits per heavy atom. The van der Waals surface area contributed by atoms with Gasteiger partial charge in [0.05, 0.1) is 23.7 Å². The van der Waals surface area contributed by atoms with Gasteiger partial charge in [-0.1, -0.05) is 11.6 Å². The molecule has 0 aliphatic heterocycles. The van der Waals surface area contributed by atoms with Gasteiger partial charge in [-0.05, 0) is 30.3 Å². The minimum absolute atomic E-state index is 0.133. The predicted octanol–water partition coefficient (Wildman–Crippen LogP) is 3.61. The Bertz CT molecular complexity index is 796. The van der Waals surface area contributed by atoms with E-state index in [0.29, 0.717) is 22.2 Å². The van der Waals surface area contributed by atoms with Gasteiger partial charge in [-0.2, -0.15) is 0 Å². The lowest BCUT2D eigenvalue weighted by Gasteiger charge is -2.07. The van der Waals surface area contributed by atoms with Crippen molar-refractivity contribution in [1.82, 2.24) is 9.55 Å². The monoisotopic (exact) mass is 288 g/mol. The van der Waals surface area contributed by atoms with E-state index in [4.69, 9.17) is 16.3 Å². The van der Waals surface area contributed by atoms with Crippen LogP contribution >= 0.6 is 11.6 Å². The molecule has 3 rings (SSSR count). The Balaban J connectivity index is 2.21. The fraction of sp³-hybridized carbons (Fsp3) is 0.133. The average molecular weight is 289 g/mol. The summed E-state index contributed by atoms with van der Waals surface area (Å²) in [6, 6.07) is 10.7. The van der Waals surface area contributed by atoms with Crippen LogP contribution in [0.3, 0.4) is 0 Å². The number of fused-ring (bicyclic) bond motifs is 1. The number of halogens is 1. The minimum Gasteiger partial charge on any atom is -0.507 e. The molecular weight excluding hydrogens is 276 g/mol. The second kappa shape index (κ2) is 4.72. The van der Waals surface area contributed by atoms with Crippen molar-refractivity contribution >= 4 is 22.6 Å². The van der Waals surface area contributed by atoms with Crippen molar-refractivity contribution in [2.75, 3.05) is 7.11 Å². The van der Waals surface area contributed by atoms with Gasteiger partial charge in [0.15, 0.2) is 0 Å². The number of phenols is 1. The molecule has 3 aromatic rings. The Morgan fingerprint density at radius 1 is 1.20 bits per heavy atom. The lowest BCUT2D eigenvalue weighted by Crippen LogP contribution is -1.93. The van der Waals surface area contributed by atoms with E-state index < -0.39 is 0 Å². The molecule has 20 heavy (non-hydrogen) atoms. The number of rotatable bonds is 2. The van der Waals surface area contributed by atoms with Gasteiger partial charge >= 0.3 is 0 Å². The number of hydrogen-bond acceptors (Lipinski definition) is 3. The lowest BCUT2D eigenvalue weighted by molar-refractivity contribution is 0.408. The van der Waals surface area contributed by atoms with Crippen molar-refractivity contribution in [2.45, 2.75) is 0 Å². The molecule has 0 radical (unpaired) electrons. The summed E-state index contributed by atoms with van der Waals surface area (Å²) in [7, 11) is 3.47. The summed E-state index contributed by atoms with van der Waals surface area (Å²) in [4.78, 5) is 4.54. The molecule has 4 nitrogen and oxygen atoms in total. The molecule has 0 fully saturated rings. The fourth-order valence-electron chi connectivity index (χ4n) is 2.24. The minimum atomic E-state index is 0.133. The second-order valence-corrected chi connectivity index (χ2v) is 4.95. The molecule has 0 unspecified atom stereocenters. The number of aromatic nitrogens is 2. The number of imidazole rings is 1. The van der Waals surface area contributed by atoms with Crippen LogP contribution in [0, 0.1) is 0 Å². The summed E-state index contributed by atoms with van der Waals surface area (Å²) in [5.41, 5.74) is 2.41. The van der Waals surface area contributed by atoms with Gasteiger partial charge in [-0.25, -0.2) is 4.98 Å². The molecule has 102 valence electrons. The largest absolute Gasteiger partial charge is 0.507 e. The van der Waals surface area contributed by atoms with Gasteiger partial charge in [0.25, 0.3) is 0 Å². The fourth-order valence-corrected chi connectivity index (χ4v) is 2.41. The standard InChI is InChI=1S/C15H13ClN2O2/c1-18-13-6-3-9(16)7-12(13)17-15(18)11-5-4-10(20-2)8-14(11)19/h3-8,19H,1-2H3. The third kappa shape index (κ3) is 1.98. The molecule has 2 aromatic carbocycles. The van der Waals surface area contributed by atoms with Gasteiger partial charge in [0, 0.05) is 18.1 Å². The van der Waals surface area contributed by atoms with Crippen LogP contribution in [0.1, 0.15) is 0 Å². The first kappa shape index (κ1) is 12.8. The van der Waals surface area contributed by atoms with Gasteiger partial charge in [-0.3, -0.25) is 0 Å². The maximum absolute atomic E-state index is 10.1. The number of phenolic OH excluding ortho intramolecular Hbond substituents is 1. The highest BCUT2D eigenvalue weighted by atomic mass is 35.5. The van der Waals surface area contributed by atoms with E-state index >= 15 is 0 Å². The third-order valence-corrected chi connectivity index (χ3v) is 3.52. The maximum atomic E-state index is 10.1. The van der Waals surface area contributed by atoms with Crippen LogP contribution in [-0.4, -0.2) is 21.8 Å². The van der Waals surface area contributed by atoms with Crippen molar-refractivity contribution in [3.63, 3.8) is 0 Å². The topological polar surface area (TPSA) is 47.3 Å². The van der Waals surface area contributed by atoms with Crippen LogP contribution < -0.4 is 4.74 Å². The molecule has 0 spiro atoms. The number of ether oxygens (including phenoxy) is 1. The Kier molecular flexibility index (Phi) is 3.03. The SMILES string of the molecule is COc1ccc(-c2nc3cc(Cl)ccc3n2C)c(O)c1. The zero-order valence-electron chi connectivity index (χ0n) is 11.1. The highest BCUT2D eigenvalue weighted by Gasteiger charge is 2.14. The number of aromatic hydroxyl groups is 1. The lowest BCUT2D eigenvalue weighted by atomic mass is 10.2. The quantitative estimate of drug-likeness (QED) is 0.783. The number of nitrogens with zero attached hydrogens (tertiary/aromatic N) is 2. The molecule has 0 aliphatic rings. The first-order chi connectivity index (χ1) is 9.60. The van der Waals surface area contributed by atoms with E-state index in [9.17, 15) is 5.11 Å². The van der Waals surface area contributed by atoms with Crippen LogP contribution in [0.4, 0.5) is 0 Å². The van der Waals surface area contributed by atoms with E-state index in [2.05, 4.69) is 4.98 Å². The number of methoxy groups -OCH3 is 1. The first-order valence-electron chi connectivity index (χ1n) is 6.09. The number of aryl methyl sites for hydroxylation is 1. The second-order valence-electron chi connectivity index (χ2n) is 4.51. The highest BCUT2D eigenvalue weighted by Crippen LogP contribution is 2.33. The van der Waals surface area contributed by atoms with Gasteiger partial charge < -0.3 is 14.4 Å². The first-order valence-corrected chi connectivity index (χ1v) is 6.47. The Labute approximate surface area is 121 Å². The molecule has 0 saturated heterocycles. The zero-order valence-corrected chi connectivity index (χ0v) is 11.8. The zero-order chi connectivity index (χ0) is 14.3. The van der Waals surface area contributed by atoms with Crippen molar-refractivity contribution < 1.29 is 9.84 Å². The molecule has 0 aliphatic carbocycles. The van der Waals surface area contributed by atoms with Gasteiger partial charge in [0.2, 0.25) is 0 Å². The summed E-state index contributed by atoms with van der Waals surface area (Å²) in [5, 5.41) is 10.8. The van der Waals surface area contributed by atoms with Crippen molar-refractivity contribution in [3.8, 4) is 22.9 Å². The van der Waals surface area contributed by atoms with E-state index in [1.165, 1.54) is 0 Å².